The maximum Gasteiger partial charge on any atom is 0.256 e. The van der Waals surface area contributed by atoms with Crippen LogP contribution in [0.2, 0.25) is 10.0 Å². The zero-order valence-corrected chi connectivity index (χ0v) is 20.2. The summed E-state index contributed by atoms with van der Waals surface area (Å²) >= 11 is 17.9. The summed E-state index contributed by atoms with van der Waals surface area (Å²) in [4.78, 5) is 17.1. The number of nitrogens with one attached hydrogen (secondary N) is 3. The fourth-order valence-corrected chi connectivity index (χ4v) is 4.37. The van der Waals surface area contributed by atoms with E-state index in [4.69, 9.17) is 44.9 Å². The molecule has 2 aromatic rings. The summed E-state index contributed by atoms with van der Waals surface area (Å²) in [5, 5.41) is 10.0. The summed E-state index contributed by atoms with van der Waals surface area (Å²) in [6, 6.07) is 7.09. The Hall–Kier alpha value is -2.39. The van der Waals surface area contributed by atoms with Crippen molar-refractivity contribution in [3.63, 3.8) is 0 Å². The minimum absolute atomic E-state index is 0.115. The number of carbonyl (C=O) groups excluding carboxylic acids is 1. The van der Waals surface area contributed by atoms with Crippen molar-refractivity contribution in [2.75, 3.05) is 25.1 Å². The molecule has 0 unspecified atom stereocenters. The molecule has 7 nitrogen and oxygen atoms in total. The first-order valence-electron chi connectivity index (χ1n) is 10.7. The number of thiocarbonyl (C=S) groups is 1. The average Bonchev–Trinajstić information content (AvgIpc) is 3.33. The average molecular weight is 507 g/mol. The van der Waals surface area contributed by atoms with Gasteiger partial charge in [0.05, 0.1) is 33.6 Å². The van der Waals surface area contributed by atoms with Gasteiger partial charge in [-0.05, 0) is 31.0 Å². The van der Waals surface area contributed by atoms with E-state index in [9.17, 15) is 4.79 Å². The second-order valence-corrected chi connectivity index (χ2v) is 8.89. The maximum atomic E-state index is 12.7. The predicted molar refractivity (Wildman–Crippen MR) is 133 cm³/mol. The number of nitrogens with zero attached hydrogens (tertiary/aromatic N) is 1. The quantitative estimate of drug-likeness (QED) is 0.461. The molecule has 174 valence electrons. The van der Waals surface area contributed by atoms with Gasteiger partial charge in [-0.3, -0.25) is 9.78 Å². The standard InChI is InChI=1S/C23H24Cl2N4O3S/c24-16-4-1-5-18(21(16)25)29-23(33)20-17(7-9-27-22(20)30)28-11-14-6-8-26-12-19(14)32-13-15-3-2-10-31-15/h1,4-6,8,12,15,28H,2-3,7,9-11,13H2,(H,27,30)(H,29,33)/t15-/m0/s1. The Morgan fingerprint density at radius 2 is 2.21 bits per heavy atom. The number of hydrogen-bond acceptors (Lipinski definition) is 6. The van der Waals surface area contributed by atoms with Crippen molar-refractivity contribution in [1.82, 2.24) is 15.6 Å². The van der Waals surface area contributed by atoms with Crippen LogP contribution in [0.15, 0.2) is 47.9 Å². The Bertz CT molecular complexity index is 1070. The molecule has 0 radical (unpaired) electrons. The van der Waals surface area contributed by atoms with Crippen molar-refractivity contribution in [2.45, 2.75) is 31.9 Å². The van der Waals surface area contributed by atoms with Gasteiger partial charge in [0.25, 0.3) is 5.91 Å². The molecule has 1 aromatic carbocycles. The number of amides is 1. The van der Waals surface area contributed by atoms with E-state index in [1.165, 1.54) is 0 Å². The Kier molecular flexibility index (Phi) is 8.03. The highest BCUT2D eigenvalue weighted by atomic mass is 35.5. The van der Waals surface area contributed by atoms with E-state index in [2.05, 4.69) is 20.9 Å². The summed E-state index contributed by atoms with van der Waals surface area (Å²) in [5.41, 5.74) is 2.59. The van der Waals surface area contributed by atoms with Crippen LogP contribution in [-0.2, 0) is 16.1 Å². The summed E-state index contributed by atoms with van der Waals surface area (Å²) in [6.07, 6.45) is 6.20. The summed E-state index contributed by atoms with van der Waals surface area (Å²) in [7, 11) is 0. The fourth-order valence-electron chi connectivity index (χ4n) is 3.70. The maximum absolute atomic E-state index is 12.7. The van der Waals surface area contributed by atoms with Crippen LogP contribution in [0.3, 0.4) is 0 Å². The number of benzene rings is 1. The molecular formula is C23H24Cl2N4O3S. The second kappa shape index (κ2) is 11.2. The lowest BCUT2D eigenvalue weighted by atomic mass is 10.1. The van der Waals surface area contributed by atoms with Gasteiger partial charge >= 0.3 is 0 Å². The number of aromatic nitrogens is 1. The van der Waals surface area contributed by atoms with Gasteiger partial charge in [0.1, 0.15) is 17.3 Å². The van der Waals surface area contributed by atoms with Crippen molar-refractivity contribution in [1.29, 1.82) is 0 Å². The molecule has 0 bridgehead atoms. The van der Waals surface area contributed by atoms with Gasteiger partial charge in [-0.15, -0.1) is 0 Å². The van der Waals surface area contributed by atoms with Crippen LogP contribution in [-0.4, -0.2) is 41.7 Å². The first-order valence-corrected chi connectivity index (χ1v) is 11.9. The largest absolute Gasteiger partial charge is 0.489 e. The molecule has 1 aromatic heterocycles. The van der Waals surface area contributed by atoms with Crippen LogP contribution in [0.4, 0.5) is 5.69 Å². The van der Waals surface area contributed by atoms with E-state index in [1.54, 1.807) is 30.6 Å². The number of anilines is 1. The fraction of sp³-hybridized carbons (Fsp3) is 0.348. The van der Waals surface area contributed by atoms with Gasteiger partial charge in [-0.25, -0.2) is 0 Å². The van der Waals surface area contributed by atoms with Crippen molar-refractivity contribution in [2.24, 2.45) is 0 Å². The van der Waals surface area contributed by atoms with E-state index >= 15 is 0 Å². The molecule has 2 aliphatic heterocycles. The molecule has 3 heterocycles. The normalized spacial score (nSPS) is 18.1. The van der Waals surface area contributed by atoms with E-state index in [0.29, 0.717) is 53.2 Å². The van der Waals surface area contributed by atoms with Crippen LogP contribution in [0, 0.1) is 0 Å². The molecule has 0 saturated carbocycles. The Morgan fingerprint density at radius 1 is 1.33 bits per heavy atom. The lowest BCUT2D eigenvalue weighted by molar-refractivity contribution is -0.117. The highest BCUT2D eigenvalue weighted by molar-refractivity contribution is 7.81. The van der Waals surface area contributed by atoms with Crippen molar-refractivity contribution in [3.05, 3.63) is 63.5 Å². The summed E-state index contributed by atoms with van der Waals surface area (Å²) < 4.78 is 11.6. The molecule has 2 aliphatic rings. The molecule has 1 atom stereocenters. The van der Waals surface area contributed by atoms with Crippen LogP contribution in [0.5, 0.6) is 5.75 Å². The van der Waals surface area contributed by atoms with Crippen LogP contribution in [0.25, 0.3) is 0 Å². The third-order valence-electron chi connectivity index (χ3n) is 5.43. The Balaban J connectivity index is 1.48. The lowest BCUT2D eigenvalue weighted by Crippen LogP contribution is -2.39. The number of halogens is 2. The molecule has 1 amide bonds. The number of rotatable bonds is 8. The van der Waals surface area contributed by atoms with Crippen LogP contribution >= 0.6 is 35.4 Å². The zero-order chi connectivity index (χ0) is 23.2. The van der Waals surface area contributed by atoms with Crippen molar-refractivity contribution < 1.29 is 14.3 Å². The highest BCUT2D eigenvalue weighted by Gasteiger charge is 2.25. The molecular weight excluding hydrogens is 483 g/mol. The predicted octanol–water partition coefficient (Wildman–Crippen LogP) is 4.25. The van der Waals surface area contributed by atoms with Gasteiger partial charge in [-0.2, -0.15) is 0 Å². The Morgan fingerprint density at radius 3 is 3.03 bits per heavy atom. The van der Waals surface area contributed by atoms with Crippen LogP contribution < -0.4 is 20.7 Å². The molecule has 1 saturated heterocycles. The van der Waals surface area contributed by atoms with Gasteiger partial charge in [-0.1, -0.05) is 41.5 Å². The molecule has 0 spiro atoms. The van der Waals surface area contributed by atoms with E-state index in [1.807, 2.05) is 6.07 Å². The first kappa shape index (κ1) is 23.8. The molecule has 33 heavy (non-hydrogen) atoms. The van der Waals surface area contributed by atoms with E-state index in [-0.39, 0.29) is 17.0 Å². The highest BCUT2D eigenvalue weighted by Crippen LogP contribution is 2.30. The third-order valence-corrected chi connectivity index (χ3v) is 6.55. The van der Waals surface area contributed by atoms with Gasteiger partial charge in [0.15, 0.2) is 0 Å². The number of carbonyl (C=O) groups is 1. The van der Waals surface area contributed by atoms with E-state index in [0.717, 1.165) is 30.7 Å². The minimum Gasteiger partial charge on any atom is -0.489 e. The molecule has 10 heteroatoms. The molecule has 1 fully saturated rings. The van der Waals surface area contributed by atoms with Crippen LogP contribution in [0.1, 0.15) is 24.8 Å². The van der Waals surface area contributed by atoms with E-state index < -0.39 is 0 Å². The monoisotopic (exact) mass is 506 g/mol. The smallest absolute Gasteiger partial charge is 0.256 e. The first-order chi connectivity index (χ1) is 16.0. The molecule has 3 N–H and O–H groups in total. The lowest BCUT2D eigenvalue weighted by Gasteiger charge is -2.23. The molecule has 0 aliphatic carbocycles. The van der Waals surface area contributed by atoms with Gasteiger partial charge < -0.3 is 25.4 Å². The SMILES string of the molecule is O=C1NCCC(NCc2ccncc2OC[C@@H]2CCCO2)=C1C(=S)Nc1cccc(Cl)c1Cl. The van der Waals surface area contributed by atoms with Gasteiger partial charge in [0.2, 0.25) is 0 Å². The third kappa shape index (κ3) is 5.95. The topological polar surface area (TPSA) is 84.5 Å². The second-order valence-electron chi connectivity index (χ2n) is 7.70. The number of pyridine rings is 1. The molecule has 4 rings (SSSR count). The Labute approximate surface area is 207 Å². The zero-order valence-electron chi connectivity index (χ0n) is 17.8. The summed E-state index contributed by atoms with van der Waals surface area (Å²) in [6.45, 7) is 2.24. The van der Waals surface area contributed by atoms with Crippen molar-refractivity contribution >= 4 is 52.0 Å². The minimum atomic E-state index is -0.246. The number of hydrogen-bond donors (Lipinski definition) is 3. The van der Waals surface area contributed by atoms with Crippen molar-refractivity contribution in [3.8, 4) is 5.75 Å². The summed E-state index contributed by atoms with van der Waals surface area (Å²) in [5.74, 6) is 0.443. The number of ether oxygens (including phenoxy) is 2. The van der Waals surface area contributed by atoms with Gasteiger partial charge in [0, 0.05) is 43.6 Å².